The molecular formula is C28H30ClF. The van der Waals surface area contributed by atoms with E-state index in [0.29, 0.717) is 28.3 Å². The van der Waals surface area contributed by atoms with Gasteiger partial charge in [0.25, 0.3) is 0 Å². The monoisotopic (exact) mass is 420 g/mol. The van der Waals surface area contributed by atoms with Gasteiger partial charge in [-0.15, -0.1) is 13.2 Å². The molecule has 0 nitrogen and oxygen atoms in total. The van der Waals surface area contributed by atoms with Crippen molar-refractivity contribution >= 4 is 17.2 Å². The van der Waals surface area contributed by atoms with Crippen molar-refractivity contribution in [3.63, 3.8) is 0 Å². The molecule has 0 amide bonds. The molecule has 0 heterocycles. The molecule has 1 fully saturated rings. The van der Waals surface area contributed by atoms with Gasteiger partial charge in [-0.2, -0.15) is 0 Å². The molecule has 1 saturated carbocycles. The molecule has 2 aromatic rings. The van der Waals surface area contributed by atoms with Crippen molar-refractivity contribution in [3.8, 4) is 11.1 Å². The van der Waals surface area contributed by atoms with Gasteiger partial charge in [-0.1, -0.05) is 66.2 Å². The molecule has 4 rings (SSSR count). The third kappa shape index (κ3) is 4.32. The summed E-state index contributed by atoms with van der Waals surface area (Å²) in [5.74, 6) is 1.23. The summed E-state index contributed by atoms with van der Waals surface area (Å²) in [6.07, 6.45) is 14.0. The first-order valence-corrected chi connectivity index (χ1v) is 11.5. The van der Waals surface area contributed by atoms with Crippen LogP contribution in [0.3, 0.4) is 0 Å². The minimum absolute atomic E-state index is 0.293. The standard InChI is InChI=1S/C28H30ClF/c1-3-19-5-9-21(10-6-19)22-13-15-24(16-14-22)26-18-17-25(27(29)28(26)30)23-11-7-20(4-2)8-12-23/h3-4,9,13-20,23H,1-2,5-8,10-12H2. The molecule has 30 heavy (non-hydrogen) atoms. The molecule has 0 saturated heterocycles. The van der Waals surface area contributed by atoms with Crippen LogP contribution in [-0.4, -0.2) is 0 Å². The zero-order valence-corrected chi connectivity index (χ0v) is 18.3. The van der Waals surface area contributed by atoms with Crippen molar-refractivity contribution < 1.29 is 4.39 Å². The van der Waals surface area contributed by atoms with E-state index in [9.17, 15) is 0 Å². The maximum atomic E-state index is 15.2. The Morgan fingerprint density at radius 2 is 1.50 bits per heavy atom. The Hall–Kier alpha value is -2.12. The van der Waals surface area contributed by atoms with Gasteiger partial charge < -0.3 is 0 Å². The van der Waals surface area contributed by atoms with E-state index in [1.165, 1.54) is 11.1 Å². The highest BCUT2D eigenvalue weighted by Crippen LogP contribution is 2.41. The SMILES string of the molecule is C=CC1CC=C(c2ccc(-c3ccc(C4CCC(C=C)CC4)c(Cl)c3F)cc2)CC1. The molecule has 2 aromatic carbocycles. The fourth-order valence-corrected chi connectivity index (χ4v) is 5.28. The van der Waals surface area contributed by atoms with Crippen LogP contribution < -0.4 is 0 Å². The van der Waals surface area contributed by atoms with Crippen LogP contribution in [0.25, 0.3) is 16.7 Å². The molecule has 0 aliphatic heterocycles. The lowest BCUT2D eigenvalue weighted by Crippen LogP contribution is -2.12. The van der Waals surface area contributed by atoms with Crippen LogP contribution in [-0.2, 0) is 0 Å². The van der Waals surface area contributed by atoms with Gasteiger partial charge in [0.15, 0.2) is 0 Å². The van der Waals surface area contributed by atoms with E-state index in [1.54, 1.807) is 0 Å². The predicted octanol–water partition coefficient (Wildman–Crippen LogP) is 8.98. The average molecular weight is 421 g/mol. The van der Waals surface area contributed by atoms with Gasteiger partial charge in [-0.25, -0.2) is 4.39 Å². The summed E-state index contributed by atoms with van der Waals surface area (Å²) in [7, 11) is 0. The average Bonchev–Trinajstić information content (AvgIpc) is 2.81. The van der Waals surface area contributed by atoms with Crippen LogP contribution >= 0.6 is 11.6 Å². The molecule has 0 spiro atoms. The van der Waals surface area contributed by atoms with E-state index in [-0.39, 0.29) is 5.82 Å². The molecular weight excluding hydrogens is 391 g/mol. The van der Waals surface area contributed by atoms with E-state index >= 15 is 4.39 Å². The third-order valence-corrected chi connectivity index (χ3v) is 7.39. The Bertz CT molecular complexity index is 945. The maximum Gasteiger partial charge on any atom is 0.149 e. The summed E-state index contributed by atoms with van der Waals surface area (Å²) in [4.78, 5) is 0. The highest BCUT2D eigenvalue weighted by atomic mass is 35.5. The van der Waals surface area contributed by atoms with Crippen LogP contribution in [0.1, 0.15) is 62.0 Å². The maximum absolute atomic E-state index is 15.2. The molecule has 0 N–H and O–H groups in total. The number of hydrogen-bond donors (Lipinski definition) is 0. The Balaban J connectivity index is 1.53. The minimum atomic E-state index is -0.293. The Morgan fingerprint density at radius 3 is 2.10 bits per heavy atom. The van der Waals surface area contributed by atoms with Crippen molar-refractivity contribution in [2.45, 2.75) is 50.9 Å². The first kappa shape index (κ1) is 21.1. The first-order chi connectivity index (χ1) is 14.6. The molecule has 0 radical (unpaired) electrons. The van der Waals surface area contributed by atoms with E-state index in [0.717, 1.165) is 56.1 Å². The number of benzene rings is 2. The second-order valence-electron chi connectivity index (χ2n) is 8.75. The fraction of sp³-hybridized carbons (Fsp3) is 0.357. The van der Waals surface area contributed by atoms with E-state index in [2.05, 4.69) is 37.4 Å². The van der Waals surface area contributed by atoms with Gasteiger partial charge in [0.2, 0.25) is 0 Å². The van der Waals surface area contributed by atoms with Crippen LogP contribution in [0, 0.1) is 17.7 Å². The fourth-order valence-electron chi connectivity index (χ4n) is 4.96. The van der Waals surface area contributed by atoms with E-state index < -0.39 is 0 Å². The lowest BCUT2D eigenvalue weighted by Gasteiger charge is -2.28. The lowest BCUT2D eigenvalue weighted by molar-refractivity contribution is 0.375. The number of rotatable bonds is 5. The summed E-state index contributed by atoms with van der Waals surface area (Å²) in [6, 6.07) is 12.2. The van der Waals surface area contributed by atoms with Crippen molar-refractivity contribution in [3.05, 3.63) is 89.8 Å². The zero-order chi connectivity index (χ0) is 21.1. The van der Waals surface area contributed by atoms with Gasteiger partial charge >= 0.3 is 0 Å². The van der Waals surface area contributed by atoms with Gasteiger partial charge in [0.05, 0.1) is 5.02 Å². The quantitative estimate of drug-likeness (QED) is 0.423. The van der Waals surface area contributed by atoms with Crippen LogP contribution in [0.4, 0.5) is 4.39 Å². The van der Waals surface area contributed by atoms with Gasteiger partial charge in [0.1, 0.15) is 5.82 Å². The van der Waals surface area contributed by atoms with Crippen LogP contribution in [0.15, 0.2) is 67.8 Å². The summed E-state index contributed by atoms with van der Waals surface area (Å²) in [6.45, 7) is 7.81. The van der Waals surface area contributed by atoms with Gasteiger partial charge in [-0.05, 0) is 85.0 Å². The Kier molecular flexibility index (Phi) is 6.58. The summed E-state index contributed by atoms with van der Waals surface area (Å²) < 4.78 is 15.2. The van der Waals surface area contributed by atoms with E-state index in [4.69, 9.17) is 11.6 Å². The third-order valence-electron chi connectivity index (χ3n) is 7.01. The second kappa shape index (κ2) is 9.35. The molecule has 0 aromatic heterocycles. The molecule has 1 atom stereocenters. The van der Waals surface area contributed by atoms with Crippen molar-refractivity contribution in [2.75, 3.05) is 0 Å². The van der Waals surface area contributed by atoms with Crippen molar-refractivity contribution in [1.82, 2.24) is 0 Å². The number of hydrogen-bond acceptors (Lipinski definition) is 0. The number of allylic oxidation sites excluding steroid dienone is 4. The highest BCUT2D eigenvalue weighted by molar-refractivity contribution is 6.32. The molecule has 2 aliphatic rings. The number of halogens is 2. The predicted molar refractivity (Wildman–Crippen MR) is 127 cm³/mol. The topological polar surface area (TPSA) is 0 Å². The Labute approximate surface area is 185 Å². The second-order valence-corrected chi connectivity index (χ2v) is 9.13. The van der Waals surface area contributed by atoms with Gasteiger partial charge in [0, 0.05) is 5.56 Å². The summed E-state index contributed by atoms with van der Waals surface area (Å²) in [5.41, 5.74) is 5.02. The van der Waals surface area contributed by atoms with Crippen molar-refractivity contribution in [1.29, 1.82) is 0 Å². The zero-order valence-electron chi connectivity index (χ0n) is 17.5. The normalized spacial score (nSPS) is 24.2. The van der Waals surface area contributed by atoms with Gasteiger partial charge in [-0.3, -0.25) is 0 Å². The van der Waals surface area contributed by atoms with Crippen LogP contribution in [0.2, 0.25) is 5.02 Å². The smallest absolute Gasteiger partial charge is 0.149 e. The molecule has 1 unspecified atom stereocenters. The Morgan fingerprint density at radius 1 is 0.833 bits per heavy atom. The van der Waals surface area contributed by atoms with Crippen LogP contribution in [0.5, 0.6) is 0 Å². The molecule has 2 heteroatoms. The lowest BCUT2D eigenvalue weighted by atomic mass is 9.78. The largest absolute Gasteiger partial charge is 0.205 e. The van der Waals surface area contributed by atoms with Crippen molar-refractivity contribution in [2.24, 2.45) is 11.8 Å². The van der Waals surface area contributed by atoms with E-state index in [1.807, 2.05) is 30.3 Å². The molecule has 0 bridgehead atoms. The first-order valence-electron chi connectivity index (χ1n) is 11.1. The minimum Gasteiger partial charge on any atom is -0.205 e. The summed E-state index contributed by atoms with van der Waals surface area (Å²) >= 11 is 6.52. The molecule has 2 aliphatic carbocycles. The summed E-state index contributed by atoms with van der Waals surface area (Å²) in [5, 5.41) is 0.295. The molecule has 156 valence electrons. The highest BCUT2D eigenvalue weighted by Gasteiger charge is 2.24.